The maximum absolute atomic E-state index is 6.29. The van der Waals surface area contributed by atoms with Gasteiger partial charge in [0.2, 0.25) is 0 Å². The van der Waals surface area contributed by atoms with Crippen molar-refractivity contribution in [3.63, 3.8) is 0 Å². The zero-order valence-corrected chi connectivity index (χ0v) is 11.7. The highest BCUT2D eigenvalue weighted by Gasteiger charge is 2.29. The molecule has 0 amide bonds. The molecule has 0 aliphatic carbocycles. The number of hydrogen-bond donors (Lipinski definition) is 1. The van der Waals surface area contributed by atoms with E-state index in [0.717, 1.165) is 35.7 Å². The van der Waals surface area contributed by atoms with Gasteiger partial charge < -0.3 is 19.8 Å². The molecule has 0 radical (unpaired) electrons. The van der Waals surface area contributed by atoms with Crippen LogP contribution >= 0.6 is 0 Å². The lowest BCUT2D eigenvalue weighted by atomic mass is 9.95. The lowest BCUT2D eigenvalue weighted by molar-refractivity contribution is 0.153. The second-order valence-electron chi connectivity index (χ2n) is 4.96. The molecule has 1 aromatic carbocycles. The average Bonchev–Trinajstić information content (AvgIpc) is 2.95. The van der Waals surface area contributed by atoms with Crippen molar-refractivity contribution in [3.8, 4) is 11.5 Å². The molecule has 3 rings (SSSR count). The van der Waals surface area contributed by atoms with Crippen LogP contribution < -0.4 is 15.2 Å². The molecule has 1 aliphatic rings. The molecule has 0 spiro atoms. The number of aromatic nitrogens is 2. The number of ether oxygens (including phenoxy) is 2. The van der Waals surface area contributed by atoms with Gasteiger partial charge in [0.05, 0.1) is 25.3 Å². The molecule has 2 N–H and O–H groups in total. The van der Waals surface area contributed by atoms with Gasteiger partial charge in [0.25, 0.3) is 0 Å². The third kappa shape index (κ3) is 2.14. The highest BCUT2D eigenvalue weighted by Crippen LogP contribution is 2.41. The van der Waals surface area contributed by atoms with Crippen molar-refractivity contribution in [1.82, 2.24) is 9.55 Å². The van der Waals surface area contributed by atoms with Crippen LogP contribution in [0.1, 0.15) is 36.7 Å². The normalized spacial score (nSPS) is 21.1. The lowest BCUT2D eigenvalue weighted by Crippen LogP contribution is -2.25. The van der Waals surface area contributed by atoms with Crippen molar-refractivity contribution in [2.75, 3.05) is 7.11 Å². The van der Waals surface area contributed by atoms with E-state index in [1.807, 2.05) is 30.7 Å². The van der Waals surface area contributed by atoms with Crippen molar-refractivity contribution >= 4 is 0 Å². The van der Waals surface area contributed by atoms with E-state index < -0.39 is 0 Å². The number of fused-ring (bicyclic) bond motifs is 1. The molecule has 2 atom stereocenters. The Morgan fingerprint density at radius 1 is 1.50 bits per heavy atom. The molecule has 0 bridgehead atoms. The number of imidazole rings is 1. The van der Waals surface area contributed by atoms with Crippen molar-refractivity contribution in [2.45, 2.75) is 32.0 Å². The Morgan fingerprint density at radius 3 is 3.10 bits per heavy atom. The summed E-state index contributed by atoms with van der Waals surface area (Å²) < 4.78 is 13.4. The fourth-order valence-corrected chi connectivity index (χ4v) is 2.65. The van der Waals surface area contributed by atoms with E-state index >= 15 is 0 Å². The van der Waals surface area contributed by atoms with E-state index in [4.69, 9.17) is 15.2 Å². The van der Waals surface area contributed by atoms with Crippen molar-refractivity contribution in [1.29, 1.82) is 0 Å². The van der Waals surface area contributed by atoms with Gasteiger partial charge in [0.1, 0.15) is 17.6 Å². The van der Waals surface area contributed by atoms with Gasteiger partial charge >= 0.3 is 0 Å². The summed E-state index contributed by atoms with van der Waals surface area (Å²) in [5, 5.41) is 0. The van der Waals surface area contributed by atoms with Gasteiger partial charge in [0, 0.05) is 24.6 Å². The largest absolute Gasteiger partial charge is 0.497 e. The fourth-order valence-electron chi connectivity index (χ4n) is 2.65. The average molecular weight is 273 g/mol. The number of nitrogens with two attached hydrogens (primary N) is 1. The Bertz CT molecular complexity index is 609. The third-order valence-corrected chi connectivity index (χ3v) is 3.77. The van der Waals surface area contributed by atoms with Crippen LogP contribution in [0.5, 0.6) is 11.5 Å². The maximum atomic E-state index is 6.29. The summed E-state index contributed by atoms with van der Waals surface area (Å²) in [6.45, 7) is 2.96. The maximum Gasteiger partial charge on any atom is 0.142 e. The molecule has 5 nitrogen and oxygen atoms in total. The zero-order chi connectivity index (χ0) is 14.1. The summed E-state index contributed by atoms with van der Waals surface area (Å²) in [5.41, 5.74) is 8.37. The van der Waals surface area contributed by atoms with Gasteiger partial charge in [-0.1, -0.05) is 0 Å². The van der Waals surface area contributed by atoms with Crippen molar-refractivity contribution in [2.24, 2.45) is 5.73 Å². The Hall–Kier alpha value is -2.01. The zero-order valence-electron chi connectivity index (χ0n) is 11.7. The second kappa shape index (κ2) is 5.17. The minimum atomic E-state index is -0.0564. The lowest BCUT2D eigenvalue weighted by Gasteiger charge is -2.30. The fraction of sp³-hybridized carbons (Fsp3) is 0.400. The SMILES string of the molecule is CCn1cncc1C1CC(N)c2cc(OC)ccc2O1. The first-order chi connectivity index (χ1) is 9.72. The molecule has 106 valence electrons. The molecule has 2 unspecified atom stereocenters. The summed E-state index contributed by atoms with van der Waals surface area (Å²) in [6.07, 6.45) is 4.38. The molecular formula is C15H19N3O2. The van der Waals surface area contributed by atoms with E-state index in [9.17, 15) is 0 Å². The molecule has 1 aromatic heterocycles. The Kier molecular flexibility index (Phi) is 3.36. The topological polar surface area (TPSA) is 62.3 Å². The first kappa shape index (κ1) is 13.0. The monoisotopic (exact) mass is 273 g/mol. The predicted octanol–water partition coefficient (Wildman–Crippen LogP) is 2.44. The Morgan fingerprint density at radius 2 is 2.35 bits per heavy atom. The summed E-state index contributed by atoms with van der Waals surface area (Å²) >= 11 is 0. The number of benzene rings is 1. The summed E-state index contributed by atoms with van der Waals surface area (Å²) in [7, 11) is 1.65. The number of methoxy groups -OCH3 is 1. The van der Waals surface area contributed by atoms with E-state index in [1.165, 1.54) is 0 Å². The van der Waals surface area contributed by atoms with E-state index in [0.29, 0.717) is 0 Å². The first-order valence-corrected chi connectivity index (χ1v) is 6.83. The summed E-state index contributed by atoms with van der Waals surface area (Å²) in [4.78, 5) is 4.20. The molecule has 0 fully saturated rings. The van der Waals surface area contributed by atoms with Crippen LogP contribution in [0.4, 0.5) is 0 Å². The summed E-state index contributed by atoms with van der Waals surface area (Å²) in [6, 6.07) is 5.71. The molecule has 2 heterocycles. The van der Waals surface area contributed by atoms with Gasteiger partial charge in [0.15, 0.2) is 0 Å². The summed E-state index contributed by atoms with van der Waals surface area (Å²) in [5.74, 6) is 1.64. The van der Waals surface area contributed by atoms with E-state index in [2.05, 4.69) is 16.5 Å². The molecule has 5 heteroatoms. The molecule has 20 heavy (non-hydrogen) atoms. The van der Waals surface area contributed by atoms with E-state index in [-0.39, 0.29) is 12.1 Å². The van der Waals surface area contributed by atoms with Gasteiger partial charge in [-0.2, -0.15) is 0 Å². The van der Waals surface area contributed by atoms with Gasteiger partial charge in [-0.15, -0.1) is 0 Å². The van der Waals surface area contributed by atoms with E-state index in [1.54, 1.807) is 7.11 Å². The number of hydrogen-bond acceptors (Lipinski definition) is 4. The number of nitrogens with zero attached hydrogens (tertiary/aromatic N) is 2. The van der Waals surface area contributed by atoms with Crippen molar-refractivity contribution in [3.05, 3.63) is 42.0 Å². The molecular weight excluding hydrogens is 254 g/mol. The van der Waals surface area contributed by atoms with Crippen molar-refractivity contribution < 1.29 is 9.47 Å². The molecule has 0 saturated carbocycles. The molecule has 1 aliphatic heterocycles. The van der Waals surface area contributed by atoms with Crippen LogP contribution in [-0.2, 0) is 6.54 Å². The minimum absolute atomic E-state index is 0.0478. The number of aryl methyl sites for hydroxylation is 1. The Labute approximate surface area is 118 Å². The first-order valence-electron chi connectivity index (χ1n) is 6.83. The van der Waals surface area contributed by atoms with Crippen LogP contribution in [0.15, 0.2) is 30.7 Å². The molecule has 0 saturated heterocycles. The van der Waals surface area contributed by atoms with Gasteiger partial charge in [-0.3, -0.25) is 0 Å². The quantitative estimate of drug-likeness (QED) is 0.933. The van der Waals surface area contributed by atoms with Crippen LogP contribution in [0.3, 0.4) is 0 Å². The van der Waals surface area contributed by atoms with Crippen LogP contribution in [-0.4, -0.2) is 16.7 Å². The van der Waals surface area contributed by atoms with Gasteiger partial charge in [-0.25, -0.2) is 4.98 Å². The van der Waals surface area contributed by atoms with Crippen LogP contribution in [0, 0.1) is 0 Å². The second-order valence-corrected chi connectivity index (χ2v) is 4.96. The smallest absolute Gasteiger partial charge is 0.142 e. The highest BCUT2D eigenvalue weighted by molar-refractivity contribution is 5.44. The highest BCUT2D eigenvalue weighted by atomic mass is 16.5. The third-order valence-electron chi connectivity index (χ3n) is 3.77. The minimum Gasteiger partial charge on any atom is -0.497 e. The standard InChI is InChI=1S/C15H19N3O2/c1-3-18-9-17-8-13(18)15-7-12(16)11-6-10(19-2)4-5-14(11)20-15/h4-6,8-9,12,15H,3,7,16H2,1-2H3. The van der Waals surface area contributed by atoms with Crippen LogP contribution in [0.25, 0.3) is 0 Å². The number of rotatable bonds is 3. The van der Waals surface area contributed by atoms with Crippen LogP contribution in [0.2, 0.25) is 0 Å². The Balaban J connectivity index is 1.93. The van der Waals surface area contributed by atoms with Gasteiger partial charge in [-0.05, 0) is 25.1 Å². The molecule has 2 aromatic rings. The predicted molar refractivity (Wildman–Crippen MR) is 75.8 cm³/mol.